The van der Waals surface area contributed by atoms with Crippen molar-refractivity contribution in [2.24, 2.45) is 5.73 Å². The summed E-state index contributed by atoms with van der Waals surface area (Å²) in [4.78, 5) is 13.8. The van der Waals surface area contributed by atoms with Crippen molar-refractivity contribution in [3.8, 4) is 0 Å². The fourth-order valence-electron chi connectivity index (χ4n) is 1.73. The number of hydrogen-bond donors (Lipinski definition) is 1. The van der Waals surface area contributed by atoms with Crippen LogP contribution >= 0.6 is 12.4 Å². The molecule has 0 aliphatic carbocycles. The molecule has 3 atom stereocenters. The summed E-state index contributed by atoms with van der Waals surface area (Å²) in [5.41, 5.74) is 5.47. The third-order valence-electron chi connectivity index (χ3n) is 2.94. The summed E-state index contributed by atoms with van der Waals surface area (Å²) in [5, 5.41) is 0. The van der Waals surface area contributed by atoms with Gasteiger partial charge in [0.25, 0.3) is 5.91 Å². The molecular formula is C10H21ClN2O3. The van der Waals surface area contributed by atoms with Crippen molar-refractivity contribution in [2.45, 2.75) is 32.1 Å². The van der Waals surface area contributed by atoms with E-state index < -0.39 is 6.10 Å². The second kappa shape index (κ2) is 7.06. The van der Waals surface area contributed by atoms with Crippen LogP contribution in [0.3, 0.4) is 0 Å². The van der Waals surface area contributed by atoms with E-state index in [4.69, 9.17) is 15.2 Å². The van der Waals surface area contributed by atoms with Crippen molar-refractivity contribution in [1.82, 2.24) is 4.90 Å². The number of hydrogen-bond acceptors (Lipinski definition) is 4. The van der Waals surface area contributed by atoms with Gasteiger partial charge in [0.15, 0.2) is 0 Å². The van der Waals surface area contributed by atoms with Crippen molar-refractivity contribution in [1.29, 1.82) is 0 Å². The number of rotatable bonds is 3. The minimum absolute atomic E-state index is 0. The van der Waals surface area contributed by atoms with Crippen LogP contribution in [0.15, 0.2) is 0 Å². The fourth-order valence-corrected chi connectivity index (χ4v) is 1.73. The first-order valence-electron chi connectivity index (χ1n) is 5.26. The predicted octanol–water partition coefficient (Wildman–Crippen LogP) is 0.0177. The van der Waals surface area contributed by atoms with Crippen LogP contribution in [0.5, 0.6) is 0 Å². The van der Waals surface area contributed by atoms with Gasteiger partial charge in [-0.3, -0.25) is 4.79 Å². The highest BCUT2D eigenvalue weighted by Crippen LogP contribution is 2.14. The van der Waals surface area contributed by atoms with Crippen LogP contribution < -0.4 is 5.73 Å². The summed E-state index contributed by atoms with van der Waals surface area (Å²) >= 11 is 0. The Morgan fingerprint density at radius 3 is 2.75 bits per heavy atom. The van der Waals surface area contributed by atoms with E-state index in [2.05, 4.69) is 0 Å². The van der Waals surface area contributed by atoms with E-state index in [1.54, 1.807) is 4.90 Å². The summed E-state index contributed by atoms with van der Waals surface area (Å²) in [5.74, 6) is -0.0392. The zero-order valence-electron chi connectivity index (χ0n) is 10.0. The molecule has 0 bridgehead atoms. The van der Waals surface area contributed by atoms with E-state index in [9.17, 15) is 4.79 Å². The number of methoxy groups -OCH3 is 1. The standard InChI is InChI=1S/C10H20N2O3.ClH/c1-7-8(2)15-5-4-12(7)10(13)9(6-11)14-3;/h7-9H,4-6,11H2,1-3H3;1H. The van der Waals surface area contributed by atoms with Gasteiger partial charge in [-0.15, -0.1) is 12.4 Å². The molecular weight excluding hydrogens is 232 g/mol. The van der Waals surface area contributed by atoms with Crippen LogP contribution in [-0.2, 0) is 14.3 Å². The number of morpholine rings is 1. The number of halogens is 1. The van der Waals surface area contributed by atoms with E-state index in [1.807, 2.05) is 13.8 Å². The molecule has 16 heavy (non-hydrogen) atoms. The number of carbonyl (C=O) groups excluding carboxylic acids is 1. The van der Waals surface area contributed by atoms with Gasteiger partial charge < -0.3 is 20.1 Å². The maximum absolute atomic E-state index is 12.0. The Labute approximate surface area is 103 Å². The molecule has 1 aliphatic heterocycles. The van der Waals surface area contributed by atoms with E-state index in [0.717, 1.165) is 0 Å². The maximum atomic E-state index is 12.0. The summed E-state index contributed by atoms with van der Waals surface area (Å²) in [6.45, 7) is 5.36. The first-order chi connectivity index (χ1) is 7.11. The Morgan fingerprint density at radius 2 is 2.25 bits per heavy atom. The van der Waals surface area contributed by atoms with Crippen LogP contribution in [0.1, 0.15) is 13.8 Å². The third kappa shape index (κ3) is 3.31. The van der Waals surface area contributed by atoms with Crippen molar-refractivity contribution in [3.63, 3.8) is 0 Å². The molecule has 0 aromatic carbocycles. The lowest BCUT2D eigenvalue weighted by Crippen LogP contribution is -2.55. The normalized spacial score (nSPS) is 27.1. The Balaban J connectivity index is 0.00000225. The molecule has 0 saturated carbocycles. The Hall–Kier alpha value is -0.360. The molecule has 6 heteroatoms. The molecule has 1 saturated heterocycles. The third-order valence-corrected chi connectivity index (χ3v) is 2.94. The Bertz CT molecular complexity index is 224. The van der Waals surface area contributed by atoms with Gasteiger partial charge in [-0.2, -0.15) is 0 Å². The molecule has 0 spiro atoms. The van der Waals surface area contributed by atoms with Gasteiger partial charge in [0.2, 0.25) is 0 Å². The lowest BCUT2D eigenvalue weighted by Gasteiger charge is -2.39. The first kappa shape index (κ1) is 15.6. The van der Waals surface area contributed by atoms with E-state index >= 15 is 0 Å². The summed E-state index contributed by atoms with van der Waals surface area (Å²) < 4.78 is 10.5. The lowest BCUT2D eigenvalue weighted by atomic mass is 10.1. The highest BCUT2D eigenvalue weighted by atomic mass is 35.5. The molecule has 5 nitrogen and oxygen atoms in total. The monoisotopic (exact) mass is 252 g/mol. The fraction of sp³-hybridized carbons (Fsp3) is 0.900. The number of nitrogens with two attached hydrogens (primary N) is 1. The number of amides is 1. The SMILES string of the molecule is COC(CN)C(=O)N1CCOC(C)C1C.Cl. The van der Waals surface area contributed by atoms with Gasteiger partial charge in [0.1, 0.15) is 6.10 Å². The Kier molecular flexibility index (Phi) is 6.90. The van der Waals surface area contributed by atoms with Gasteiger partial charge in [-0.05, 0) is 13.8 Å². The summed E-state index contributed by atoms with van der Waals surface area (Å²) in [6, 6.07) is 0.0791. The smallest absolute Gasteiger partial charge is 0.253 e. The van der Waals surface area contributed by atoms with Crippen molar-refractivity contribution >= 4 is 18.3 Å². The molecule has 1 fully saturated rings. The molecule has 2 N–H and O–H groups in total. The first-order valence-corrected chi connectivity index (χ1v) is 5.26. The zero-order valence-corrected chi connectivity index (χ0v) is 10.8. The summed E-state index contributed by atoms with van der Waals surface area (Å²) in [7, 11) is 1.50. The van der Waals surface area contributed by atoms with Crippen molar-refractivity contribution in [3.05, 3.63) is 0 Å². The molecule has 96 valence electrons. The zero-order chi connectivity index (χ0) is 11.4. The lowest BCUT2D eigenvalue weighted by molar-refractivity contribution is -0.153. The molecule has 1 aliphatic rings. The van der Waals surface area contributed by atoms with Crippen LogP contribution in [0, 0.1) is 0 Å². The van der Waals surface area contributed by atoms with Crippen molar-refractivity contribution < 1.29 is 14.3 Å². The average molecular weight is 253 g/mol. The Morgan fingerprint density at radius 1 is 1.62 bits per heavy atom. The van der Waals surface area contributed by atoms with E-state index in [0.29, 0.717) is 13.2 Å². The second-order valence-electron chi connectivity index (χ2n) is 3.81. The topological polar surface area (TPSA) is 64.8 Å². The van der Waals surface area contributed by atoms with Crippen LogP contribution in [0.4, 0.5) is 0 Å². The van der Waals surface area contributed by atoms with Crippen LogP contribution in [-0.4, -0.2) is 55.9 Å². The van der Waals surface area contributed by atoms with Crippen LogP contribution in [0.25, 0.3) is 0 Å². The largest absolute Gasteiger partial charge is 0.375 e. The van der Waals surface area contributed by atoms with E-state index in [-0.39, 0.29) is 37.0 Å². The minimum atomic E-state index is -0.530. The minimum Gasteiger partial charge on any atom is -0.375 e. The number of nitrogens with zero attached hydrogens (tertiary/aromatic N) is 1. The predicted molar refractivity (Wildman–Crippen MR) is 63.7 cm³/mol. The van der Waals surface area contributed by atoms with Gasteiger partial charge >= 0.3 is 0 Å². The van der Waals surface area contributed by atoms with E-state index in [1.165, 1.54) is 7.11 Å². The van der Waals surface area contributed by atoms with Gasteiger partial charge in [0, 0.05) is 20.2 Å². The van der Waals surface area contributed by atoms with Crippen molar-refractivity contribution in [2.75, 3.05) is 26.8 Å². The number of ether oxygens (including phenoxy) is 2. The molecule has 1 amide bonds. The number of carbonyl (C=O) groups is 1. The highest BCUT2D eigenvalue weighted by molar-refractivity contribution is 5.85. The average Bonchev–Trinajstić information content (AvgIpc) is 2.23. The molecule has 0 aromatic rings. The second-order valence-corrected chi connectivity index (χ2v) is 3.81. The van der Waals surface area contributed by atoms with Gasteiger partial charge in [-0.25, -0.2) is 0 Å². The molecule has 0 aromatic heterocycles. The molecule has 0 radical (unpaired) electrons. The van der Waals surface area contributed by atoms with Crippen LogP contribution in [0.2, 0.25) is 0 Å². The molecule has 1 heterocycles. The highest BCUT2D eigenvalue weighted by Gasteiger charge is 2.32. The van der Waals surface area contributed by atoms with Gasteiger partial charge in [0.05, 0.1) is 18.8 Å². The quantitative estimate of drug-likeness (QED) is 0.769. The molecule has 1 rings (SSSR count). The maximum Gasteiger partial charge on any atom is 0.253 e. The summed E-state index contributed by atoms with van der Waals surface area (Å²) in [6.07, 6.45) is -0.462. The van der Waals surface area contributed by atoms with Gasteiger partial charge in [-0.1, -0.05) is 0 Å². The molecule has 3 unspecified atom stereocenters.